The molecule has 0 saturated carbocycles. The molecular weight excluding hydrogens is 767 g/mol. The Kier molecular flexibility index (Phi) is 9.15. The molecule has 0 fully saturated rings. The molecule has 2 atom stereocenters. The van der Waals surface area contributed by atoms with E-state index in [9.17, 15) is 0 Å². The quantitative estimate of drug-likeness (QED) is 0.141. The molecule has 2 aliphatic rings. The molecule has 8 rings (SSSR count). The van der Waals surface area contributed by atoms with Gasteiger partial charge in [0.2, 0.25) is 0 Å². The summed E-state index contributed by atoms with van der Waals surface area (Å²) in [7, 11) is 17.9. The Balaban J connectivity index is 1.44. The summed E-state index contributed by atoms with van der Waals surface area (Å²) >= 11 is -5.18. The first kappa shape index (κ1) is 35.5. The SMILES string of the molecule is Cc1cccc(-c2cccc3c2C=C(c2ccccc2)[CH]3[Zr]([Cl])([Cl])([CH]2C(c3ccccc3)=Cc3c(-c4cccc(C)c4C)cccc32)[SiH](C)C)c1C. The zero-order valence-electron chi connectivity index (χ0n) is 30.8. The third-order valence-electron chi connectivity index (χ3n) is 12.3. The van der Waals surface area contributed by atoms with Gasteiger partial charge in [0, 0.05) is 0 Å². The Morgan fingerprint density at radius 3 is 1.19 bits per heavy atom. The Bertz CT molecular complexity index is 2260. The van der Waals surface area contributed by atoms with E-state index >= 15 is 0 Å². The molecule has 6 aromatic rings. The number of hydrogen-bond acceptors (Lipinski definition) is 0. The topological polar surface area (TPSA) is 0 Å². The van der Waals surface area contributed by atoms with Crippen LogP contribution in [0.5, 0.6) is 0 Å². The molecule has 0 heterocycles. The summed E-state index contributed by atoms with van der Waals surface area (Å²) in [5.74, 6) is -1.82. The van der Waals surface area contributed by atoms with Crippen LogP contribution >= 0.6 is 17.0 Å². The van der Waals surface area contributed by atoms with E-state index in [0.29, 0.717) is 0 Å². The second kappa shape index (κ2) is 13.4. The van der Waals surface area contributed by atoms with Gasteiger partial charge in [-0.05, 0) is 0 Å². The second-order valence-electron chi connectivity index (χ2n) is 15.3. The number of fused-ring (bicyclic) bond motifs is 2. The van der Waals surface area contributed by atoms with Crippen LogP contribution in [0, 0.1) is 27.7 Å². The predicted molar refractivity (Wildman–Crippen MR) is 227 cm³/mol. The molecule has 259 valence electrons. The number of benzene rings is 6. The zero-order chi connectivity index (χ0) is 36.4. The minimum absolute atomic E-state index is 0.0775. The maximum absolute atomic E-state index is 8.95. The molecule has 0 N–H and O–H groups in total. The summed E-state index contributed by atoms with van der Waals surface area (Å²) in [5, 5.41) is 0. The summed E-state index contributed by atoms with van der Waals surface area (Å²) < 4.78 is -0.155. The van der Waals surface area contributed by atoms with E-state index in [1.165, 1.54) is 89.0 Å². The van der Waals surface area contributed by atoms with Gasteiger partial charge in [-0.2, -0.15) is 0 Å². The van der Waals surface area contributed by atoms with Crippen molar-refractivity contribution in [2.75, 3.05) is 0 Å². The van der Waals surface area contributed by atoms with Gasteiger partial charge in [-0.1, -0.05) is 0 Å². The summed E-state index contributed by atoms with van der Waals surface area (Å²) in [6, 6.07) is 48.9. The van der Waals surface area contributed by atoms with Crippen molar-refractivity contribution in [1.82, 2.24) is 0 Å². The van der Waals surface area contributed by atoms with Crippen molar-refractivity contribution >= 4 is 46.2 Å². The molecule has 0 bridgehead atoms. The average Bonchev–Trinajstić information content (AvgIpc) is 3.76. The molecule has 6 aromatic carbocycles. The monoisotopic (exact) mass is 809 g/mol. The number of halogens is 2. The van der Waals surface area contributed by atoms with E-state index in [4.69, 9.17) is 17.0 Å². The van der Waals surface area contributed by atoms with Crippen molar-refractivity contribution in [3.63, 3.8) is 0 Å². The van der Waals surface area contributed by atoms with Crippen LogP contribution in [0.4, 0.5) is 0 Å². The summed E-state index contributed by atoms with van der Waals surface area (Å²) in [4.78, 5) is 0. The van der Waals surface area contributed by atoms with Crippen molar-refractivity contribution in [3.8, 4) is 22.3 Å². The van der Waals surface area contributed by atoms with Gasteiger partial charge < -0.3 is 0 Å². The molecule has 2 aliphatic carbocycles. The van der Waals surface area contributed by atoms with E-state index in [1.54, 1.807) is 0 Å². The molecule has 0 aliphatic heterocycles. The Morgan fingerprint density at radius 2 is 0.808 bits per heavy atom. The number of rotatable bonds is 7. The average molecular weight is 812 g/mol. The van der Waals surface area contributed by atoms with Crippen LogP contribution in [0.25, 0.3) is 45.6 Å². The first-order valence-corrected chi connectivity index (χ1v) is 34.8. The van der Waals surface area contributed by atoms with Crippen molar-refractivity contribution in [2.45, 2.75) is 48.0 Å². The van der Waals surface area contributed by atoms with Gasteiger partial charge in [0.05, 0.1) is 0 Å². The van der Waals surface area contributed by atoms with Crippen LogP contribution < -0.4 is 0 Å². The van der Waals surface area contributed by atoms with E-state index in [-0.39, 0.29) is 7.25 Å². The van der Waals surface area contributed by atoms with Crippen LogP contribution in [0.15, 0.2) is 133 Å². The van der Waals surface area contributed by atoms with Gasteiger partial charge in [0.1, 0.15) is 0 Å². The summed E-state index contributed by atoms with van der Waals surface area (Å²) in [6.07, 6.45) is 4.91. The van der Waals surface area contributed by atoms with Crippen LogP contribution in [-0.2, 0) is 15.6 Å². The van der Waals surface area contributed by atoms with Gasteiger partial charge in [-0.25, -0.2) is 0 Å². The second-order valence-corrected chi connectivity index (χ2v) is 57.8. The standard InChI is InChI=1S/2C23H19.C2H7Si.2ClH.Zr/c2*1-16-8-6-12-21(17(16)2)22-13-7-11-19-14-20(15-23(19)22)18-9-4-3-5-10-18;1-3-2;;;/h2*3-15H,1-2H3;3H,1-2H3;2*1H;/q;;;;;+2/p-2. The molecule has 52 heavy (non-hydrogen) atoms. The van der Waals surface area contributed by atoms with Crippen LogP contribution in [0.3, 0.4) is 0 Å². The minimum atomic E-state index is -5.18. The first-order chi connectivity index (χ1) is 25.0. The summed E-state index contributed by atoms with van der Waals surface area (Å²) in [5.41, 5.74) is 20.4. The fraction of sp³-hybridized carbons (Fsp3) is 0.167. The number of hydrogen-bond donors (Lipinski definition) is 0. The van der Waals surface area contributed by atoms with Crippen molar-refractivity contribution in [3.05, 3.63) is 189 Å². The maximum atomic E-state index is 8.95. The molecule has 0 nitrogen and oxygen atoms in total. The Morgan fingerprint density at radius 1 is 0.442 bits per heavy atom. The van der Waals surface area contributed by atoms with Crippen LogP contribution in [0.2, 0.25) is 13.1 Å². The first-order valence-electron chi connectivity index (χ1n) is 18.5. The van der Waals surface area contributed by atoms with Crippen molar-refractivity contribution in [1.29, 1.82) is 0 Å². The van der Waals surface area contributed by atoms with Crippen LogP contribution in [0.1, 0.15) is 62.9 Å². The fourth-order valence-corrected chi connectivity index (χ4v) is 39.2. The van der Waals surface area contributed by atoms with E-state index < -0.39 is 21.5 Å². The van der Waals surface area contributed by atoms with Gasteiger partial charge in [-0.3, -0.25) is 0 Å². The van der Waals surface area contributed by atoms with E-state index in [1.807, 2.05) is 0 Å². The molecule has 0 amide bonds. The molecule has 0 spiro atoms. The van der Waals surface area contributed by atoms with Gasteiger partial charge in [0.25, 0.3) is 0 Å². The molecule has 2 unspecified atom stereocenters. The third kappa shape index (κ3) is 5.48. The normalized spacial score (nSPS) is 17.3. The van der Waals surface area contributed by atoms with E-state index in [0.717, 1.165) is 0 Å². The number of aryl methyl sites for hydroxylation is 2. The van der Waals surface area contributed by atoms with E-state index in [2.05, 4.69) is 186 Å². The Labute approximate surface area is 318 Å². The van der Waals surface area contributed by atoms with Crippen LogP contribution in [-0.4, -0.2) is 5.92 Å². The van der Waals surface area contributed by atoms with Crippen molar-refractivity contribution < 1.29 is 15.6 Å². The van der Waals surface area contributed by atoms with Gasteiger partial charge >= 0.3 is 321 Å². The Hall–Kier alpha value is -3.52. The van der Waals surface area contributed by atoms with Crippen molar-refractivity contribution in [2.24, 2.45) is 0 Å². The zero-order valence-corrected chi connectivity index (χ0v) is 36.0. The molecule has 0 aromatic heterocycles. The third-order valence-corrected chi connectivity index (χ3v) is 63.9. The predicted octanol–water partition coefficient (Wildman–Crippen LogP) is 14.1. The molecule has 0 radical (unpaired) electrons. The fourth-order valence-electron chi connectivity index (χ4n) is 9.14. The van der Waals surface area contributed by atoms with Gasteiger partial charge in [-0.15, -0.1) is 0 Å². The summed E-state index contributed by atoms with van der Waals surface area (Å²) in [6.45, 7) is 13.8. The molecule has 4 heteroatoms. The number of allylic oxidation sites excluding steroid dienone is 2. The van der Waals surface area contributed by atoms with Gasteiger partial charge in [0.15, 0.2) is 0 Å². The molecular formula is C48H45Cl2SiZr. The molecule has 0 saturated heterocycles.